The lowest BCUT2D eigenvalue weighted by atomic mass is 9.77. The van der Waals surface area contributed by atoms with Crippen molar-refractivity contribution in [3.8, 4) is 0 Å². The van der Waals surface area contributed by atoms with Crippen molar-refractivity contribution in [1.82, 2.24) is 10.1 Å². The average Bonchev–Trinajstić information content (AvgIpc) is 3.05. The molecule has 1 aromatic rings. The molecule has 1 aliphatic heterocycles. The SMILES string of the molecule is CC(C)C1CCC(c2nc([C@@H]3CCS(=O)(=O)C3)no2)CC1. The van der Waals surface area contributed by atoms with E-state index < -0.39 is 9.84 Å². The molecule has 6 heteroatoms. The lowest BCUT2D eigenvalue weighted by Gasteiger charge is -2.28. The van der Waals surface area contributed by atoms with Crippen LogP contribution in [0.25, 0.3) is 0 Å². The van der Waals surface area contributed by atoms with Crippen LogP contribution in [0.1, 0.15) is 69.5 Å². The average molecular weight is 312 g/mol. The summed E-state index contributed by atoms with van der Waals surface area (Å²) in [5, 5.41) is 4.04. The van der Waals surface area contributed by atoms with Gasteiger partial charge in [0.05, 0.1) is 11.5 Å². The first kappa shape index (κ1) is 15.0. The fourth-order valence-electron chi connectivity index (χ4n) is 3.61. The molecular formula is C15H24N2O3S. The molecule has 21 heavy (non-hydrogen) atoms. The number of sulfone groups is 1. The summed E-state index contributed by atoms with van der Waals surface area (Å²) < 4.78 is 28.5. The first-order valence-corrected chi connectivity index (χ1v) is 9.80. The van der Waals surface area contributed by atoms with Crippen molar-refractivity contribution in [1.29, 1.82) is 0 Å². The molecule has 3 rings (SSSR count). The predicted molar refractivity (Wildman–Crippen MR) is 79.8 cm³/mol. The van der Waals surface area contributed by atoms with Gasteiger partial charge in [-0.15, -0.1) is 0 Å². The molecule has 118 valence electrons. The maximum Gasteiger partial charge on any atom is 0.229 e. The zero-order valence-corrected chi connectivity index (χ0v) is 13.6. The summed E-state index contributed by atoms with van der Waals surface area (Å²) >= 11 is 0. The van der Waals surface area contributed by atoms with E-state index in [-0.39, 0.29) is 17.4 Å². The van der Waals surface area contributed by atoms with Gasteiger partial charge in [0, 0.05) is 11.8 Å². The van der Waals surface area contributed by atoms with Crippen molar-refractivity contribution in [2.45, 2.75) is 57.8 Å². The van der Waals surface area contributed by atoms with E-state index in [0.717, 1.165) is 30.6 Å². The molecule has 1 aliphatic carbocycles. The van der Waals surface area contributed by atoms with Crippen molar-refractivity contribution in [3.63, 3.8) is 0 Å². The number of hydrogen-bond acceptors (Lipinski definition) is 5. The van der Waals surface area contributed by atoms with E-state index in [1.807, 2.05) is 0 Å². The molecule has 1 aromatic heterocycles. The quantitative estimate of drug-likeness (QED) is 0.858. The molecule has 0 aromatic carbocycles. The molecule has 0 bridgehead atoms. The van der Waals surface area contributed by atoms with Gasteiger partial charge in [-0.1, -0.05) is 19.0 Å². The molecule has 2 aliphatic rings. The van der Waals surface area contributed by atoms with Gasteiger partial charge in [0.25, 0.3) is 0 Å². The topological polar surface area (TPSA) is 73.1 Å². The fourth-order valence-corrected chi connectivity index (χ4v) is 5.35. The first-order valence-electron chi connectivity index (χ1n) is 7.98. The van der Waals surface area contributed by atoms with Gasteiger partial charge in [-0.25, -0.2) is 8.42 Å². The second-order valence-electron chi connectivity index (χ2n) is 6.95. The third-order valence-electron chi connectivity index (χ3n) is 5.12. The highest BCUT2D eigenvalue weighted by molar-refractivity contribution is 7.91. The number of hydrogen-bond donors (Lipinski definition) is 0. The highest BCUT2D eigenvalue weighted by Crippen LogP contribution is 2.38. The maximum atomic E-state index is 11.5. The molecule has 0 radical (unpaired) electrons. The molecular weight excluding hydrogens is 288 g/mol. The van der Waals surface area contributed by atoms with Gasteiger partial charge >= 0.3 is 0 Å². The summed E-state index contributed by atoms with van der Waals surface area (Å²) in [6.45, 7) is 4.58. The van der Waals surface area contributed by atoms with E-state index in [1.165, 1.54) is 12.8 Å². The van der Waals surface area contributed by atoms with Crippen LogP contribution >= 0.6 is 0 Å². The Morgan fingerprint density at radius 1 is 1.10 bits per heavy atom. The molecule has 0 spiro atoms. The minimum absolute atomic E-state index is 0.0699. The molecule has 2 heterocycles. The van der Waals surface area contributed by atoms with Crippen LogP contribution in [0, 0.1) is 11.8 Å². The summed E-state index contributed by atoms with van der Waals surface area (Å²) in [6, 6.07) is 0. The summed E-state index contributed by atoms with van der Waals surface area (Å²) in [7, 11) is -2.90. The number of aromatic nitrogens is 2. The maximum absolute atomic E-state index is 11.5. The van der Waals surface area contributed by atoms with Gasteiger partial charge in [-0.3, -0.25) is 0 Å². The lowest BCUT2D eigenvalue weighted by Crippen LogP contribution is -2.17. The largest absolute Gasteiger partial charge is 0.339 e. The summed E-state index contributed by atoms with van der Waals surface area (Å²) in [6.07, 6.45) is 5.28. The Hall–Kier alpha value is -0.910. The van der Waals surface area contributed by atoms with Crippen LogP contribution in [0.3, 0.4) is 0 Å². The standard InChI is InChI=1S/C15H24N2O3S/c1-10(2)11-3-5-12(6-4-11)15-16-14(17-20-15)13-7-8-21(18,19)9-13/h10-13H,3-9H2,1-2H3/t11?,12?,13-/m1/s1. The van der Waals surface area contributed by atoms with Gasteiger partial charge in [0.15, 0.2) is 15.7 Å². The zero-order chi connectivity index (χ0) is 15.0. The van der Waals surface area contributed by atoms with Gasteiger partial charge in [-0.2, -0.15) is 4.98 Å². The molecule has 1 atom stereocenters. The van der Waals surface area contributed by atoms with E-state index >= 15 is 0 Å². The summed E-state index contributed by atoms with van der Waals surface area (Å²) in [5.74, 6) is 3.58. The number of nitrogens with zero attached hydrogens (tertiary/aromatic N) is 2. The highest BCUT2D eigenvalue weighted by Gasteiger charge is 2.34. The zero-order valence-electron chi connectivity index (χ0n) is 12.8. The van der Waals surface area contributed by atoms with E-state index in [9.17, 15) is 8.42 Å². The predicted octanol–water partition coefficient (Wildman–Crippen LogP) is 2.90. The van der Waals surface area contributed by atoms with Crippen molar-refractivity contribution < 1.29 is 12.9 Å². The Morgan fingerprint density at radius 3 is 2.38 bits per heavy atom. The van der Waals surface area contributed by atoms with E-state index in [4.69, 9.17) is 4.52 Å². The van der Waals surface area contributed by atoms with Gasteiger partial charge < -0.3 is 4.52 Å². The van der Waals surface area contributed by atoms with Crippen LogP contribution in [-0.4, -0.2) is 30.1 Å². The molecule has 0 unspecified atom stereocenters. The minimum atomic E-state index is -2.90. The fraction of sp³-hybridized carbons (Fsp3) is 0.867. The molecule has 1 saturated carbocycles. The lowest BCUT2D eigenvalue weighted by molar-refractivity contribution is 0.231. The minimum Gasteiger partial charge on any atom is -0.339 e. The summed E-state index contributed by atoms with van der Waals surface area (Å²) in [5.41, 5.74) is 0. The van der Waals surface area contributed by atoms with Crippen molar-refractivity contribution >= 4 is 9.84 Å². The highest BCUT2D eigenvalue weighted by atomic mass is 32.2. The van der Waals surface area contributed by atoms with Crippen molar-refractivity contribution in [2.75, 3.05) is 11.5 Å². The van der Waals surface area contributed by atoms with Gasteiger partial charge in [0.2, 0.25) is 5.89 Å². The molecule has 0 N–H and O–H groups in total. The van der Waals surface area contributed by atoms with Crippen LogP contribution in [0.4, 0.5) is 0 Å². The number of rotatable bonds is 3. The second kappa shape index (κ2) is 5.71. The van der Waals surface area contributed by atoms with Gasteiger partial charge in [0.1, 0.15) is 0 Å². The Balaban J connectivity index is 1.64. The normalized spacial score (nSPS) is 32.6. The Morgan fingerprint density at radius 2 is 1.81 bits per heavy atom. The smallest absolute Gasteiger partial charge is 0.229 e. The van der Waals surface area contributed by atoms with E-state index in [2.05, 4.69) is 24.0 Å². The second-order valence-corrected chi connectivity index (χ2v) is 9.18. The molecule has 2 fully saturated rings. The summed E-state index contributed by atoms with van der Waals surface area (Å²) in [4.78, 5) is 4.51. The molecule has 5 nitrogen and oxygen atoms in total. The Kier molecular flexibility index (Phi) is 4.08. The van der Waals surface area contributed by atoms with Crippen molar-refractivity contribution in [2.24, 2.45) is 11.8 Å². The van der Waals surface area contributed by atoms with Crippen LogP contribution in [0.15, 0.2) is 4.52 Å². The molecule has 0 amide bonds. The monoisotopic (exact) mass is 312 g/mol. The van der Waals surface area contributed by atoms with Crippen molar-refractivity contribution in [3.05, 3.63) is 11.7 Å². The van der Waals surface area contributed by atoms with Gasteiger partial charge in [-0.05, 0) is 43.9 Å². The Labute approximate surface area is 126 Å². The van der Waals surface area contributed by atoms with E-state index in [1.54, 1.807) is 0 Å². The van der Waals surface area contributed by atoms with Crippen LogP contribution in [-0.2, 0) is 9.84 Å². The Bertz CT molecular complexity index is 586. The molecule has 1 saturated heterocycles. The van der Waals surface area contributed by atoms with Crippen LogP contribution < -0.4 is 0 Å². The van der Waals surface area contributed by atoms with E-state index in [0.29, 0.717) is 18.2 Å². The van der Waals surface area contributed by atoms with Crippen LogP contribution in [0.2, 0.25) is 0 Å². The first-order chi connectivity index (χ1) is 9.94. The van der Waals surface area contributed by atoms with Crippen LogP contribution in [0.5, 0.6) is 0 Å². The third-order valence-corrected chi connectivity index (χ3v) is 6.89. The third kappa shape index (κ3) is 3.30.